The normalized spacial score (nSPS) is 16.6. The maximum atomic E-state index is 12.6. The zero-order valence-electron chi connectivity index (χ0n) is 16.3. The van der Waals surface area contributed by atoms with Crippen molar-refractivity contribution in [3.05, 3.63) is 59.9 Å². The number of nitrogens with one attached hydrogen (secondary N) is 1. The monoisotopic (exact) mass is 401 g/mol. The topological polar surface area (TPSA) is 79.4 Å². The highest BCUT2D eigenvalue weighted by atomic mass is 32.2. The number of rotatable bonds is 5. The molecule has 150 valence electrons. The van der Waals surface area contributed by atoms with Crippen LogP contribution >= 0.6 is 0 Å². The molecular formula is C21H27N3O3S. The molecule has 1 saturated heterocycles. The van der Waals surface area contributed by atoms with Crippen LogP contribution in [0.15, 0.2) is 53.7 Å². The molecule has 0 radical (unpaired) electrons. The van der Waals surface area contributed by atoms with Gasteiger partial charge in [-0.3, -0.25) is 4.98 Å². The van der Waals surface area contributed by atoms with Crippen LogP contribution in [0, 0.1) is 5.92 Å². The quantitative estimate of drug-likeness (QED) is 0.834. The predicted octanol–water partition coefficient (Wildman–Crippen LogP) is 3.21. The number of hydrogen-bond donors (Lipinski definition) is 1. The number of hydrogen-bond acceptors (Lipinski definition) is 4. The Labute approximate surface area is 166 Å². The van der Waals surface area contributed by atoms with Gasteiger partial charge in [-0.25, -0.2) is 13.2 Å². The molecule has 2 aromatic rings. The highest BCUT2D eigenvalue weighted by Gasteiger charge is 2.24. The minimum atomic E-state index is -3.21. The molecule has 2 heterocycles. The number of sulfone groups is 1. The summed E-state index contributed by atoms with van der Waals surface area (Å²) >= 11 is 0. The molecule has 1 atom stereocenters. The molecule has 1 N–H and O–H groups in total. The summed E-state index contributed by atoms with van der Waals surface area (Å²) in [6.07, 6.45) is 7.86. The van der Waals surface area contributed by atoms with Crippen LogP contribution in [0.25, 0.3) is 0 Å². The van der Waals surface area contributed by atoms with Gasteiger partial charge in [0.2, 0.25) is 0 Å². The van der Waals surface area contributed by atoms with Gasteiger partial charge in [-0.05, 0) is 61.4 Å². The highest BCUT2D eigenvalue weighted by molar-refractivity contribution is 7.90. The van der Waals surface area contributed by atoms with Gasteiger partial charge in [-0.2, -0.15) is 0 Å². The Morgan fingerprint density at radius 1 is 1.21 bits per heavy atom. The molecule has 1 aromatic heterocycles. The molecule has 3 rings (SSSR count). The van der Waals surface area contributed by atoms with Crippen LogP contribution in [-0.2, 0) is 16.3 Å². The van der Waals surface area contributed by atoms with Crippen LogP contribution in [0.5, 0.6) is 0 Å². The number of piperidine rings is 1. The van der Waals surface area contributed by atoms with Crippen LogP contribution in [0.3, 0.4) is 0 Å². The fourth-order valence-corrected chi connectivity index (χ4v) is 4.19. The van der Waals surface area contributed by atoms with Crippen molar-refractivity contribution in [1.29, 1.82) is 0 Å². The average Bonchev–Trinajstić information content (AvgIpc) is 2.68. The first kappa shape index (κ1) is 20.3. The summed E-state index contributed by atoms with van der Waals surface area (Å²) in [6.45, 7) is 3.40. The van der Waals surface area contributed by atoms with E-state index >= 15 is 0 Å². The second-order valence-electron chi connectivity index (χ2n) is 7.51. The van der Waals surface area contributed by atoms with Gasteiger partial charge in [0.1, 0.15) is 0 Å². The molecule has 1 aliphatic heterocycles. The molecule has 0 spiro atoms. The molecule has 2 amide bonds. The molecule has 0 aliphatic carbocycles. The van der Waals surface area contributed by atoms with E-state index in [-0.39, 0.29) is 17.0 Å². The first-order valence-electron chi connectivity index (χ1n) is 9.57. The molecule has 28 heavy (non-hydrogen) atoms. The van der Waals surface area contributed by atoms with Crippen molar-refractivity contribution in [1.82, 2.24) is 15.2 Å². The fraction of sp³-hybridized carbons (Fsp3) is 0.429. The summed E-state index contributed by atoms with van der Waals surface area (Å²) in [5.74, 6) is 0.578. The van der Waals surface area contributed by atoms with Crippen molar-refractivity contribution in [2.75, 3.05) is 19.3 Å². The number of urea groups is 1. The summed E-state index contributed by atoms with van der Waals surface area (Å²) in [5.41, 5.74) is 2.13. The van der Waals surface area contributed by atoms with Crippen molar-refractivity contribution >= 4 is 15.9 Å². The fourth-order valence-electron chi connectivity index (χ4n) is 3.56. The van der Waals surface area contributed by atoms with Gasteiger partial charge in [0, 0.05) is 31.7 Å². The second-order valence-corrected chi connectivity index (χ2v) is 9.52. The molecule has 1 unspecified atom stereocenters. The Balaban J connectivity index is 1.50. The summed E-state index contributed by atoms with van der Waals surface area (Å²) in [4.78, 5) is 18.9. The maximum absolute atomic E-state index is 12.6. The summed E-state index contributed by atoms with van der Waals surface area (Å²) in [6, 6.07) is 10.5. The first-order valence-corrected chi connectivity index (χ1v) is 11.5. The molecule has 7 heteroatoms. The van der Waals surface area contributed by atoms with Crippen molar-refractivity contribution in [3.8, 4) is 0 Å². The number of likely N-dealkylation sites (tertiary alicyclic amines) is 1. The lowest BCUT2D eigenvalue weighted by atomic mass is 9.91. The lowest BCUT2D eigenvalue weighted by Gasteiger charge is -2.33. The number of carbonyl (C=O) groups is 1. The average molecular weight is 402 g/mol. The van der Waals surface area contributed by atoms with E-state index in [1.54, 1.807) is 30.5 Å². The van der Waals surface area contributed by atoms with Crippen LogP contribution in [0.2, 0.25) is 0 Å². The highest BCUT2D eigenvalue weighted by Crippen LogP contribution is 2.22. The molecule has 1 aliphatic rings. The van der Waals surface area contributed by atoms with E-state index in [0.29, 0.717) is 5.92 Å². The Kier molecular flexibility index (Phi) is 6.34. The van der Waals surface area contributed by atoms with E-state index in [1.165, 1.54) is 11.8 Å². The third-order valence-corrected chi connectivity index (χ3v) is 6.43. The number of nitrogens with zero attached hydrogens (tertiary/aromatic N) is 2. The lowest BCUT2D eigenvalue weighted by Crippen LogP contribution is -2.45. The minimum Gasteiger partial charge on any atom is -0.331 e. The van der Waals surface area contributed by atoms with Crippen molar-refractivity contribution in [2.45, 2.75) is 37.1 Å². The predicted molar refractivity (Wildman–Crippen MR) is 109 cm³/mol. The number of benzene rings is 1. The lowest BCUT2D eigenvalue weighted by molar-refractivity contribution is 0.167. The zero-order chi connectivity index (χ0) is 20.1. The summed E-state index contributed by atoms with van der Waals surface area (Å²) in [7, 11) is -3.21. The Morgan fingerprint density at radius 3 is 2.46 bits per heavy atom. The third-order valence-electron chi connectivity index (χ3n) is 5.30. The molecule has 0 saturated carbocycles. The van der Waals surface area contributed by atoms with Gasteiger partial charge in [0.05, 0.1) is 10.9 Å². The molecule has 1 aromatic carbocycles. The van der Waals surface area contributed by atoms with Crippen molar-refractivity contribution in [2.24, 2.45) is 5.92 Å². The van der Waals surface area contributed by atoms with Crippen molar-refractivity contribution < 1.29 is 13.2 Å². The number of carbonyl (C=O) groups excluding carboxylic acids is 1. The van der Waals surface area contributed by atoms with E-state index in [9.17, 15) is 13.2 Å². The zero-order valence-corrected chi connectivity index (χ0v) is 17.2. The molecule has 6 nitrogen and oxygen atoms in total. The van der Waals surface area contributed by atoms with Gasteiger partial charge in [0.15, 0.2) is 9.84 Å². The van der Waals surface area contributed by atoms with Gasteiger partial charge in [-0.15, -0.1) is 0 Å². The molecule has 1 fully saturated rings. The Hall–Kier alpha value is -2.41. The summed E-state index contributed by atoms with van der Waals surface area (Å²) < 4.78 is 23.1. The standard InChI is InChI=1S/C21H27N3O3S/c1-16(19-5-7-20(8-6-19)28(2,26)27)23-21(25)24-12-9-17(10-13-24)14-18-4-3-11-22-15-18/h3-8,11,15-17H,9-10,12-14H2,1-2H3,(H,23,25). The van der Waals surface area contributed by atoms with Crippen LogP contribution in [-0.4, -0.2) is 43.7 Å². The van der Waals surface area contributed by atoms with Gasteiger partial charge in [0.25, 0.3) is 0 Å². The number of aromatic nitrogens is 1. The minimum absolute atomic E-state index is 0.0699. The largest absolute Gasteiger partial charge is 0.331 e. The summed E-state index contributed by atoms with van der Waals surface area (Å²) in [5, 5.41) is 3.02. The van der Waals surface area contributed by atoms with E-state index in [2.05, 4.69) is 16.4 Å². The smallest absolute Gasteiger partial charge is 0.317 e. The Bertz CT molecular complexity index is 890. The van der Waals surface area contributed by atoms with Gasteiger partial charge >= 0.3 is 6.03 Å². The van der Waals surface area contributed by atoms with E-state index in [1.807, 2.05) is 24.1 Å². The van der Waals surface area contributed by atoms with Crippen LogP contribution in [0.4, 0.5) is 4.79 Å². The maximum Gasteiger partial charge on any atom is 0.317 e. The third kappa shape index (κ3) is 5.32. The number of amides is 2. The number of pyridine rings is 1. The SMILES string of the molecule is CC(NC(=O)N1CCC(Cc2cccnc2)CC1)c1ccc(S(C)(=O)=O)cc1. The van der Waals surface area contributed by atoms with E-state index in [4.69, 9.17) is 0 Å². The second kappa shape index (κ2) is 8.73. The van der Waals surface area contributed by atoms with Crippen molar-refractivity contribution in [3.63, 3.8) is 0 Å². The molecule has 0 bridgehead atoms. The first-order chi connectivity index (χ1) is 13.3. The Morgan fingerprint density at radius 2 is 1.89 bits per heavy atom. The van der Waals surface area contributed by atoms with E-state index < -0.39 is 9.84 Å². The van der Waals surface area contributed by atoms with Gasteiger partial charge in [-0.1, -0.05) is 18.2 Å². The van der Waals surface area contributed by atoms with E-state index in [0.717, 1.165) is 37.9 Å². The van der Waals surface area contributed by atoms with Gasteiger partial charge < -0.3 is 10.2 Å². The van der Waals surface area contributed by atoms with Crippen LogP contribution < -0.4 is 5.32 Å². The van der Waals surface area contributed by atoms with Crippen LogP contribution in [0.1, 0.15) is 36.9 Å². The molecular weight excluding hydrogens is 374 g/mol.